The molecule has 9 heteroatoms. The van der Waals surface area contributed by atoms with Crippen LogP contribution in [0.4, 0.5) is 4.79 Å². The van der Waals surface area contributed by atoms with Crippen LogP contribution in [-0.2, 0) is 18.8 Å². The van der Waals surface area contributed by atoms with Crippen molar-refractivity contribution in [3.8, 4) is 0 Å². The van der Waals surface area contributed by atoms with Crippen molar-refractivity contribution < 1.29 is 23.5 Å². The summed E-state index contributed by atoms with van der Waals surface area (Å²) < 4.78 is 11.4. The van der Waals surface area contributed by atoms with E-state index >= 15 is 0 Å². The fourth-order valence-electron chi connectivity index (χ4n) is 3.19. The van der Waals surface area contributed by atoms with Crippen LogP contribution in [0.5, 0.6) is 0 Å². The van der Waals surface area contributed by atoms with Crippen LogP contribution in [0.1, 0.15) is 74.1 Å². The average molecular weight is 444 g/mol. The SMILES string of the molecule is C[C@@H](O[Si](C)(C)C(C)(C)C)C(=O)N(N)C(=O)C1CCCC(NC(=O)OC(C)(C)C)C1. The second kappa shape index (κ2) is 9.78. The van der Waals surface area contributed by atoms with E-state index in [0.29, 0.717) is 17.9 Å². The zero-order chi connectivity index (χ0) is 23.5. The summed E-state index contributed by atoms with van der Waals surface area (Å²) in [6.07, 6.45) is 1.28. The largest absolute Gasteiger partial charge is 0.444 e. The molecule has 0 spiro atoms. The number of ether oxygens (including phenoxy) is 1. The summed E-state index contributed by atoms with van der Waals surface area (Å²) in [5.41, 5.74) is -0.589. The molecule has 0 aromatic heterocycles. The lowest BCUT2D eigenvalue weighted by Crippen LogP contribution is -2.54. The lowest BCUT2D eigenvalue weighted by molar-refractivity contribution is -0.153. The van der Waals surface area contributed by atoms with E-state index in [0.717, 1.165) is 12.8 Å². The summed E-state index contributed by atoms with van der Waals surface area (Å²) in [5.74, 6) is 4.52. The molecule has 1 saturated carbocycles. The Balaban J connectivity index is 2.70. The molecule has 0 saturated heterocycles. The van der Waals surface area contributed by atoms with Gasteiger partial charge in [-0.3, -0.25) is 9.59 Å². The van der Waals surface area contributed by atoms with Gasteiger partial charge in [-0.2, -0.15) is 0 Å². The molecule has 0 aromatic carbocycles. The smallest absolute Gasteiger partial charge is 0.407 e. The average Bonchev–Trinajstić information content (AvgIpc) is 2.56. The Morgan fingerprint density at radius 1 is 1.10 bits per heavy atom. The van der Waals surface area contributed by atoms with Crippen molar-refractivity contribution in [1.29, 1.82) is 0 Å². The molecule has 3 atom stereocenters. The Bertz CT molecular complexity index is 640. The van der Waals surface area contributed by atoms with Gasteiger partial charge in [0.15, 0.2) is 8.32 Å². The van der Waals surface area contributed by atoms with Crippen LogP contribution < -0.4 is 11.2 Å². The van der Waals surface area contributed by atoms with E-state index < -0.39 is 43.8 Å². The van der Waals surface area contributed by atoms with Gasteiger partial charge in [-0.1, -0.05) is 27.2 Å². The summed E-state index contributed by atoms with van der Waals surface area (Å²) in [6, 6.07) is -0.188. The molecule has 0 heterocycles. The zero-order valence-corrected chi connectivity index (χ0v) is 21.1. The van der Waals surface area contributed by atoms with E-state index in [1.54, 1.807) is 27.7 Å². The first kappa shape index (κ1) is 26.6. The van der Waals surface area contributed by atoms with Gasteiger partial charge >= 0.3 is 6.09 Å². The van der Waals surface area contributed by atoms with Crippen molar-refractivity contribution in [2.45, 2.75) is 110 Å². The minimum Gasteiger partial charge on any atom is -0.444 e. The Morgan fingerprint density at radius 3 is 2.17 bits per heavy atom. The van der Waals surface area contributed by atoms with Crippen molar-refractivity contribution in [3.63, 3.8) is 0 Å². The van der Waals surface area contributed by atoms with Gasteiger partial charge in [-0.05, 0) is 65.1 Å². The first-order valence-corrected chi connectivity index (χ1v) is 13.7. The normalized spacial score (nSPS) is 21.5. The van der Waals surface area contributed by atoms with Gasteiger partial charge in [-0.15, -0.1) is 0 Å². The van der Waals surface area contributed by atoms with Crippen LogP contribution in [-0.4, -0.2) is 49.0 Å². The minimum atomic E-state index is -2.18. The molecular weight excluding hydrogens is 402 g/mol. The van der Waals surface area contributed by atoms with Crippen molar-refractivity contribution in [1.82, 2.24) is 10.3 Å². The Hall–Kier alpha value is -1.45. The fraction of sp³-hybridized carbons (Fsp3) is 0.857. The lowest BCUT2D eigenvalue weighted by Gasteiger charge is -2.38. The van der Waals surface area contributed by atoms with Gasteiger partial charge in [0.05, 0.1) is 0 Å². The summed E-state index contributed by atoms with van der Waals surface area (Å²) in [6.45, 7) is 17.4. The van der Waals surface area contributed by atoms with E-state index in [1.165, 1.54) is 0 Å². The number of carbonyl (C=O) groups excluding carboxylic acids is 3. The topological polar surface area (TPSA) is 111 Å². The second-order valence-electron chi connectivity index (χ2n) is 10.8. The Kier molecular flexibility index (Phi) is 8.67. The van der Waals surface area contributed by atoms with Gasteiger partial charge in [0.25, 0.3) is 5.91 Å². The van der Waals surface area contributed by atoms with E-state index in [4.69, 9.17) is 15.0 Å². The van der Waals surface area contributed by atoms with Crippen LogP contribution in [0.3, 0.4) is 0 Å². The molecule has 1 fully saturated rings. The molecule has 8 nitrogen and oxygen atoms in total. The Labute approximate surface area is 182 Å². The number of amides is 3. The highest BCUT2D eigenvalue weighted by molar-refractivity contribution is 6.74. The maximum Gasteiger partial charge on any atom is 0.407 e. The molecule has 1 rings (SSSR count). The number of alkyl carbamates (subject to hydrolysis) is 1. The molecule has 30 heavy (non-hydrogen) atoms. The number of hydrogen-bond acceptors (Lipinski definition) is 6. The number of nitrogens with one attached hydrogen (secondary N) is 1. The number of hydrogen-bond donors (Lipinski definition) is 2. The molecule has 0 radical (unpaired) electrons. The molecule has 0 bridgehead atoms. The fourth-order valence-corrected chi connectivity index (χ4v) is 4.53. The number of carbonyl (C=O) groups is 3. The highest BCUT2D eigenvalue weighted by Gasteiger charge is 2.41. The molecule has 174 valence electrons. The summed E-state index contributed by atoms with van der Waals surface area (Å²) >= 11 is 0. The predicted octanol–water partition coefficient (Wildman–Crippen LogP) is 3.71. The summed E-state index contributed by atoms with van der Waals surface area (Å²) in [7, 11) is -2.18. The molecule has 3 N–H and O–H groups in total. The number of hydrazine groups is 1. The molecule has 1 aliphatic rings. The Morgan fingerprint density at radius 2 is 1.67 bits per heavy atom. The van der Waals surface area contributed by atoms with Gasteiger partial charge in [0.1, 0.15) is 11.7 Å². The summed E-state index contributed by atoms with van der Waals surface area (Å²) in [5, 5.41) is 3.47. The van der Waals surface area contributed by atoms with Crippen LogP contribution in [0.2, 0.25) is 18.1 Å². The van der Waals surface area contributed by atoms with Gasteiger partial charge in [-0.25, -0.2) is 15.6 Å². The lowest BCUT2D eigenvalue weighted by atomic mass is 9.85. The van der Waals surface area contributed by atoms with Gasteiger partial charge < -0.3 is 14.5 Å². The van der Waals surface area contributed by atoms with Crippen LogP contribution in [0.15, 0.2) is 0 Å². The third kappa shape index (κ3) is 7.66. The van der Waals surface area contributed by atoms with Crippen molar-refractivity contribution in [2.75, 3.05) is 0 Å². The molecular formula is C21H41N3O5Si. The maximum absolute atomic E-state index is 12.9. The quantitative estimate of drug-likeness (QED) is 0.290. The number of nitrogens with two attached hydrogens (primary N) is 1. The second-order valence-corrected chi connectivity index (χ2v) is 15.5. The first-order valence-electron chi connectivity index (χ1n) is 10.7. The number of rotatable bonds is 5. The van der Waals surface area contributed by atoms with Crippen molar-refractivity contribution in [2.24, 2.45) is 11.8 Å². The molecule has 1 aliphatic carbocycles. The number of imide groups is 1. The predicted molar refractivity (Wildman–Crippen MR) is 119 cm³/mol. The highest BCUT2D eigenvalue weighted by atomic mass is 28.4. The first-order chi connectivity index (χ1) is 13.4. The van der Waals surface area contributed by atoms with Crippen LogP contribution in [0, 0.1) is 5.92 Å². The molecule has 0 aromatic rings. The van der Waals surface area contributed by atoms with Gasteiger partial charge in [0.2, 0.25) is 5.91 Å². The molecule has 3 amide bonds. The molecule has 2 unspecified atom stereocenters. The van der Waals surface area contributed by atoms with Crippen molar-refractivity contribution >= 4 is 26.2 Å². The standard InChI is InChI=1S/C21H41N3O5Si/c1-14(29-30(8,9)21(5,6)7)17(25)24(22)18(26)15-11-10-12-16(13-15)23-19(27)28-20(2,3)4/h14-16H,10-13,22H2,1-9H3,(H,23,27)/t14-,15?,16?/m1/s1. The van der Waals surface area contributed by atoms with E-state index in [9.17, 15) is 14.4 Å². The van der Waals surface area contributed by atoms with Crippen molar-refractivity contribution in [3.05, 3.63) is 0 Å². The van der Waals surface area contributed by atoms with Gasteiger partial charge in [0, 0.05) is 12.0 Å². The molecule has 0 aliphatic heterocycles. The summed E-state index contributed by atoms with van der Waals surface area (Å²) in [4.78, 5) is 37.6. The van der Waals surface area contributed by atoms with E-state index in [2.05, 4.69) is 26.1 Å². The third-order valence-corrected chi connectivity index (χ3v) is 10.4. The van der Waals surface area contributed by atoms with E-state index in [-0.39, 0.29) is 11.1 Å². The third-order valence-electron chi connectivity index (χ3n) is 5.84. The van der Waals surface area contributed by atoms with Crippen LogP contribution in [0.25, 0.3) is 0 Å². The number of nitrogens with zero attached hydrogens (tertiary/aromatic N) is 1. The zero-order valence-electron chi connectivity index (χ0n) is 20.1. The highest BCUT2D eigenvalue weighted by Crippen LogP contribution is 2.37. The minimum absolute atomic E-state index is 0.0606. The monoisotopic (exact) mass is 443 g/mol. The maximum atomic E-state index is 12.9. The van der Waals surface area contributed by atoms with Crippen LogP contribution >= 0.6 is 0 Å². The van der Waals surface area contributed by atoms with E-state index in [1.807, 2.05) is 13.1 Å².